The minimum absolute atomic E-state index is 0.140. The van der Waals surface area contributed by atoms with Crippen molar-refractivity contribution in [1.82, 2.24) is 10.2 Å². The van der Waals surface area contributed by atoms with Crippen molar-refractivity contribution in [3.05, 3.63) is 0 Å². The van der Waals surface area contributed by atoms with Crippen LogP contribution in [-0.2, 0) is 4.79 Å². The predicted molar refractivity (Wildman–Crippen MR) is 71.8 cm³/mol. The maximum atomic E-state index is 12.1. The van der Waals surface area contributed by atoms with Crippen molar-refractivity contribution in [2.45, 2.75) is 45.6 Å². The zero-order chi connectivity index (χ0) is 14.2. The lowest BCUT2D eigenvalue weighted by atomic mass is 9.85. The molecule has 5 nitrogen and oxygen atoms in total. The summed E-state index contributed by atoms with van der Waals surface area (Å²) in [5.41, 5.74) is -0.816. The van der Waals surface area contributed by atoms with Crippen molar-refractivity contribution in [2.24, 2.45) is 17.3 Å². The Hall–Kier alpha value is -1.26. The summed E-state index contributed by atoms with van der Waals surface area (Å²) >= 11 is 0. The van der Waals surface area contributed by atoms with Crippen molar-refractivity contribution in [1.29, 1.82) is 0 Å². The summed E-state index contributed by atoms with van der Waals surface area (Å²) in [6.07, 6.45) is 3.43. The van der Waals surface area contributed by atoms with Gasteiger partial charge in [0.1, 0.15) is 0 Å². The third-order valence-electron chi connectivity index (χ3n) is 4.88. The molecule has 108 valence electrons. The van der Waals surface area contributed by atoms with Gasteiger partial charge in [-0.1, -0.05) is 13.3 Å². The highest BCUT2D eigenvalue weighted by atomic mass is 16.4. The molecule has 4 unspecified atom stereocenters. The molecule has 2 saturated carbocycles. The van der Waals surface area contributed by atoms with Gasteiger partial charge in [0.25, 0.3) is 0 Å². The monoisotopic (exact) mass is 268 g/mol. The van der Waals surface area contributed by atoms with E-state index in [9.17, 15) is 14.7 Å². The molecule has 0 aromatic rings. The van der Waals surface area contributed by atoms with Crippen molar-refractivity contribution < 1.29 is 14.7 Å². The molecule has 0 aromatic heterocycles. The molecule has 2 rings (SSSR count). The Labute approximate surface area is 114 Å². The first-order chi connectivity index (χ1) is 8.84. The molecule has 19 heavy (non-hydrogen) atoms. The average Bonchev–Trinajstić information content (AvgIpc) is 2.88. The summed E-state index contributed by atoms with van der Waals surface area (Å²) in [4.78, 5) is 25.1. The summed E-state index contributed by atoms with van der Waals surface area (Å²) in [6, 6.07) is -0.393. The number of nitrogens with one attached hydrogen (secondary N) is 1. The minimum Gasteiger partial charge on any atom is -0.481 e. The predicted octanol–water partition coefficient (Wildman–Crippen LogP) is 1.93. The highest BCUT2D eigenvalue weighted by Crippen LogP contribution is 2.39. The lowest BCUT2D eigenvalue weighted by molar-refractivity contribution is -0.148. The first-order valence-corrected chi connectivity index (χ1v) is 7.09. The zero-order valence-electron chi connectivity index (χ0n) is 12.0. The van der Waals surface area contributed by atoms with Crippen LogP contribution in [0, 0.1) is 17.3 Å². The summed E-state index contributed by atoms with van der Waals surface area (Å²) in [5, 5.41) is 12.2. The third kappa shape index (κ3) is 2.85. The van der Waals surface area contributed by atoms with E-state index in [2.05, 4.69) is 12.2 Å². The second-order valence-corrected chi connectivity index (χ2v) is 6.47. The molecule has 0 saturated heterocycles. The fourth-order valence-corrected chi connectivity index (χ4v) is 3.00. The molecule has 0 spiro atoms. The molecule has 2 amide bonds. The molecular weight excluding hydrogens is 244 g/mol. The Morgan fingerprint density at radius 3 is 2.63 bits per heavy atom. The van der Waals surface area contributed by atoms with Crippen LogP contribution in [0.15, 0.2) is 0 Å². The molecule has 2 N–H and O–H groups in total. The van der Waals surface area contributed by atoms with Crippen molar-refractivity contribution in [3.63, 3.8) is 0 Å². The lowest BCUT2D eigenvalue weighted by Crippen LogP contribution is -2.50. The van der Waals surface area contributed by atoms with E-state index in [1.165, 1.54) is 6.42 Å². The van der Waals surface area contributed by atoms with Gasteiger partial charge in [0.2, 0.25) is 0 Å². The van der Waals surface area contributed by atoms with Gasteiger partial charge in [-0.15, -0.1) is 0 Å². The maximum Gasteiger partial charge on any atom is 0.317 e. The highest BCUT2D eigenvalue weighted by molar-refractivity contribution is 5.79. The third-order valence-corrected chi connectivity index (χ3v) is 4.88. The number of carbonyl (C=O) groups is 2. The summed E-state index contributed by atoms with van der Waals surface area (Å²) < 4.78 is 0. The number of nitrogens with zero attached hydrogens (tertiary/aromatic N) is 1. The van der Waals surface area contributed by atoms with Gasteiger partial charge in [-0.2, -0.15) is 0 Å². The van der Waals surface area contributed by atoms with Crippen molar-refractivity contribution in [2.75, 3.05) is 13.6 Å². The smallest absolute Gasteiger partial charge is 0.317 e. The second-order valence-electron chi connectivity index (χ2n) is 6.47. The number of carboxylic acids is 1. The standard InChI is InChI=1S/C14H24N2O3/c1-9-7-10(9)8-16(3)13(19)15-11-5-4-6-14(11,2)12(17)18/h9-11H,4-8H2,1-3H3,(H,15,19)(H,17,18). The molecule has 5 heteroatoms. The number of hydrogen-bond acceptors (Lipinski definition) is 2. The van der Waals surface area contributed by atoms with Gasteiger partial charge in [-0.05, 0) is 38.0 Å². The molecule has 2 aliphatic carbocycles. The van der Waals surface area contributed by atoms with Crippen LogP contribution in [0.5, 0.6) is 0 Å². The lowest BCUT2D eigenvalue weighted by Gasteiger charge is -2.29. The SMILES string of the molecule is CC1CC1CN(C)C(=O)NC1CCCC1(C)C(=O)O. The largest absolute Gasteiger partial charge is 0.481 e. The Morgan fingerprint density at radius 1 is 1.47 bits per heavy atom. The van der Waals surface area contributed by atoms with Crippen LogP contribution in [0.2, 0.25) is 0 Å². The molecule has 0 heterocycles. The van der Waals surface area contributed by atoms with Crippen LogP contribution >= 0.6 is 0 Å². The summed E-state index contributed by atoms with van der Waals surface area (Å²) in [7, 11) is 1.79. The van der Waals surface area contributed by atoms with Crippen LogP contribution < -0.4 is 5.32 Å². The first kappa shape index (κ1) is 14.2. The number of rotatable bonds is 4. The highest BCUT2D eigenvalue weighted by Gasteiger charge is 2.46. The molecule has 4 atom stereocenters. The first-order valence-electron chi connectivity index (χ1n) is 7.09. The van der Waals surface area contributed by atoms with Gasteiger partial charge in [0.15, 0.2) is 0 Å². The quantitative estimate of drug-likeness (QED) is 0.818. The zero-order valence-corrected chi connectivity index (χ0v) is 12.0. The second kappa shape index (κ2) is 5.02. The average molecular weight is 268 g/mol. The Balaban J connectivity index is 1.89. The number of aliphatic carboxylic acids is 1. The van der Waals surface area contributed by atoms with E-state index in [1.807, 2.05) is 0 Å². The maximum absolute atomic E-state index is 12.1. The Bertz CT molecular complexity index is 385. The minimum atomic E-state index is -0.816. The van der Waals surface area contributed by atoms with E-state index in [0.29, 0.717) is 18.3 Å². The van der Waals surface area contributed by atoms with E-state index in [0.717, 1.165) is 19.4 Å². The van der Waals surface area contributed by atoms with Gasteiger partial charge in [-0.3, -0.25) is 4.79 Å². The van der Waals surface area contributed by atoms with Crippen LogP contribution in [0.4, 0.5) is 4.79 Å². The number of urea groups is 1. The van der Waals surface area contributed by atoms with Gasteiger partial charge in [0, 0.05) is 19.6 Å². The van der Waals surface area contributed by atoms with E-state index >= 15 is 0 Å². The fourth-order valence-electron chi connectivity index (χ4n) is 3.00. The topological polar surface area (TPSA) is 69.6 Å². The van der Waals surface area contributed by atoms with Crippen LogP contribution in [-0.4, -0.2) is 41.6 Å². The van der Waals surface area contributed by atoms with E-state index in [4.69, 9.17) is 0 Å². The van der Waals surface area contributed by atoms with Gasteiger partial charge in [0.05, 0.1) is 5.41 Å². The number of carboxylic acid groups (broad SMARTS) is 1. The van der Waals surface area contributed by atoms with Crippen LogP contribution in [0.25, 0.3) is 0 Å². The molecule has 0 radical (unpaired) electrons. The van der Waals surface area contributed by atoms with Crippen LogP contribution in [0.3, 0.4) is 0 Å². The molecule has 0 aliphatic heterocycles. The van der Waals surface area contributed by atoms with Gasteiger partial charge < -0.3 is 15.3 Å². The molecule has 2 fully saturated rings. The van der Waals surface area contributed by atoms with Gasteiger partial charge >= 0.3 is 12.0 Å². The summed E-state index contributed by atoms with van der Waals surface area (Å²) in [6.45, 7) is 4.69. The normalized spacial score (nSPS) is 36.9. The number of carbonyl (C=O) groups excluding carboxylic acids is 1. The molecule has 0 aromatic carbocycles. The van der Waals surface area contributed by atoms with Gasteiger partial charge in [-0.25, -0.2) is 4.79 Å². The molecular formula is C14H24N2O3. The Kier molecular flexibility index (Phi) is 3.74. The van der Waals surface area contributed by atoms with E-state index < -0.39 is 11.4 Å². The number of amides is 2. The van der Waals surface area contributed by atoms with Crippen molar-refractivity contribution in [3.8, 4) is 0 Å². The fraction of sp³-hybridized carbons (Fsp3) is 0.857. The number of hydrogen-bond donors (Lipinski definition) is 2. The van der Waals surface area contributed by atoms with Crippen molar-refractivity contribution >= 4 is 12.0 Å². The Morgan fingerprint density at radius 2 is 2.11 bits per heavy atom. The summed E-state index contributed by atoms with van der Waals surface area (Å²) in [5.74, 6) is 0.518. The molecule has 0 bridgehead atoms. The van der Waals surface area contributed by atoms with E-state index in [1.54, 1.807) is 18.9 Å². The van der Waals surface area contributed by atoms with Crippen LogP contribution in [0.1, 0.15) is 39.5 Å². The molecule has 2 aliphatic rings. The van der Waals surface area contributed by atoms with E-state index in [-0.39, 0.29) is 12.1 Å².